The van der Waals surface area contributed by atoms with E-state index in [1.807, 2.05) is 19.1 Å². The Bertz CT molecular complexity index is 1050. The Balaban J connectivity index is 1.82. The number of hydrogen-bond acceptors (Lipinski definition) is 7. The molecule has 0 saturated carbocycles. The first-order chi connectivity index (χ1) is 14.1. The van der Waals surface area contributed by atoms with Crippen molar-refractivity contribution < 1.29 is 22.7 Å². The first-order valence-electron chi connectivity index (χ1n) is 9.68. The van der Waals surface area contributed by atoms with Crippen molar-refractivity contribution >= 4 is 38.4 Å². The smallest absolute Gasteiger partial charge is 0.357 e. The van der Waals surface area contributed by atoms with Gasteiger partial charge in [-0.1, -0.05) is 17.7 Å². The molecule has 0 spiro atoms. The highest BCUT2D eigenvalue weighted by Gasteiger charge is 2.40. The van der Waals surface area contributed by atoms with Crippen molar-refractivity contribution in [3.8, 4) is 0 Å². The van der Waals surface area contributed by atoms with Crippen LogP contribution in [0.1, 0.15) is 46.9 Å². The standard InChI is InChI=1S/C20H25N3O5S2/c1-5-28-19(25)15-11-29-20(21-15)22-18(24)16-7-6-8-23(16)30(26,27)17-13(3)9-12(2)10-14(17)4/h9-11,16H,5-8H2,1-4H3,(H,21,22,24). The highest BCUT2D eigenvalue weighted by Crippen LogP contribution is 2.31. The number of aromatic nitrogens is 1. The molecule has 1 aromatic heterocycles. The number of benzene rings is 1. The van der Waals surface area contributed by atoms with Gasteiger partial charge >= 0.3 is 5.97 Å². The van der Waals surface area contributed by atoms with Gasteiger partial charge in [0, 0.05) is 11.9 Å². The number of nitrogens with one attached hydrogen (secondary N) is 1. The van der Waals surface area contributed by atoms with E-state index in [-0.39, 0.29) is 28.9 Å². The Kier molecular flexibility index (Phi) is 6.59. The fourth-order valence-corrected chi connectivity index (χ4v) is 6.55. The van der Waals surface area contributed by atoms with Crippen LogP contribution < -0.4 is 5.32 Å². The molecule has 2 aromatic rings. The second-order valence-corrected chi connectivity index (χ2v) is 9.93. The number of thiazole rings is 1. The second-order valence-electron chi connectivity index (χ2n) is 7.25. The van der Waals surface area contributed by atoms with Gasteiger partial charge in [-0.2, -0.15) is 4.31 Å². The molecule has 3 rings (SSSR count). The zero-order valence-corrected chi connectivity index (χ0v) is 19.0. The van der Waals surface area contributed by atoms with Gasteiger partial charge < -0.3 is 10.1 Å². The van der Waals surface area contributed by atoms with E-state index < -0.39 is 27.9 Å². The lowest BCUT2D eigenvalue weighted by atomic mass is 10.1. The van der Waals surface area contributed by atoms with Gasteiger partial charge in [0.2, 0.25) is 15.9 Å². The molecule has 1 fully saturated rings. The summed E-state index contributed by atoms with van der Waals surface area (Å²) >= 11 is 1.09. The molecule has 30 heavy (non-hydrogen) atoms. The first-order valence-corrected chi connectivity index (χ1v) is 12.0. The summed E-state index contributed by atoms with van der Waals surface area (Å²) in [5.74, 6) is -1.02. The van der Waals surface area contributed by atoms with Gasteiger partial charge in [0.15, 0.2) is 10.8 Å². The minimum atomic E-state index is -3.84. The van der Waals surface area contributed by atoms with E-state index in [0.29, 0.717) is 24.0 Å². The Hall–Kier alpha value is -2.30. The summed E-state index contributed by atoms with van der Waals surface area (Å²) in [5, 5.41) is 4.38. The number of esters is 1. The average Bonchev–Trinajstić information content (AvgIpc) is 3.30. The van der Waals surface area contributed by atoms with E-state index in [2.05, 4.69) is 10.3 Å². The molecule has 0 bridgehead atoms. The van der Waals surface area contributed by atoms with Gasteiger partial charge in [-0.05, 0) is 51.7 Å². The molecule has 0 aliphatic carbocycles. The summed E-state index contributed by atoms with van der Waals surface area (Å²) < 4.78 is 32.9. The number of rotatable bonds is 6. The predicted octanol–water partition coefficient (Wildman–Crippen LogP) is 3.04. The maximum atomic E-state index is 13.4. The lowest BCUT2D eigenvalue weighted by Gasteiger charge is -2.25. The monoisotopic (exact) mass is 451 g/mol. The van der Waals surface area contributed by atoms with E-state index in [1.54, 1.807) is 20.8 Å². The molecule has 0 radical (unpaired) electrons. The molecule has 1 saturated heterocycles. The number of hydrogen-bond donors (Lipinski definition) is 1. The number of anilines is 1. The minimum Gasteiger partial charge on any atom is -0.461 e. The molecule has 1 amide bonds. The van der Waals surface area contributed by atoms with Crippen molar-refractivity contribution in [1.29, 1.82) is 0 Å². The van der Waals surface area contributed by atoms with E-state index in [9.17, 15) is 18.0 Å². The van der Waals surface area contributed by atoms with Crippen molar-refractivity contribution in [2.24, 2.45) is 0 Å². The Morgan fingerprint density at radius 1 is 1.27 bits per heavy atom. The quantitative estimate of drug-likeness (QED) is 0.677. The van der Waals surface area contributed by atoms with Crippen molar-refractivity contribution in [3.63, 3.8) is 0 Å². The normalized spacial score (nSPS) is 17.1. The fraction of sp³-hybridized carbons (Fsp3) is 0.450. The number of amides is 1. The highest BCUT2D eigenvalue weighted by molar-refractivity contribution is 7.89. The number of aryl methyl sites for hydroxylation is 3. The lowest BCUT2D eigenvalue weighted by molar-refractivity contribution is -0.119. The van der Waals surface area contributed by atoms with Crippen LogP contribution in [0.2, 0.25) is 0 Å². The topological polar surface area (TPSA) is 106 Å². The van der Waals surface area contributed by atoms with Crippen molar-refractivity contribution in [3.05, 3.63) is 39.9 Å². The Morgan fingerprint density at radius 2 is 1.93 bits per heavy atom. The van der Waals surface area contributed by atoms with Crippen LogP contribution in [0.3, 0.4) is 0 Å². The molecule has 2 heterocycles. The molecule has 1 aliphatic heterocycles. The number of ether oxygens (including phenoxy) is 1. The second kappa shape index (κ2) is 8.83. The highest BCUT2D eigenvalue weighted by atomic mass is 32.2. The van der Waals surface area contributed by atoms with Crippen LogP contribution in [0.4, 0.5) is 5.13 Å². The average molecular weight is 452 g/mol. The summed E-state index contributed by atoms with van der Waals surface area (Å²) in [6.07, 6.45) is 1.01. The maximum absolute atomic E-state index is 13.4. The number of carbonyl (C=O) groups is 2. The zero-order valence-electron chi connectivity index (χ0n) is 17.4. The van der Waals surface area contributed by atoms with Crippen LogP contribution in [-0.4, -0.2) is 48.8 Å². The molecule has 1 unspecified atom stereocenters. The summed E-state index contributed by atoms with van der Waals surface area (Å²) in [7, 11) is -3.84. The number of sulfonamides is 1. The van der Waals surface area contributed by atoms with Crippen LogP contribution in [-0.2, 0) is 19.6 Å². The zero-order chi connectivity index (χ0) is 22.1. The van der Waals surface area contributed by atoms with Crippen molar-refractivity contribution in [2.45, 2.75) is 51.5 Å². The maximum Gasteiger partial charge on any atom is 0.357 e. The molecule has 162 valence electrons. The van der Waals surface area contributed by atoms with Crippen LogP contribution in [0.25, 0.3) is 0 Å². The van der Waals surface area contributed by atoms with Crippen LogP contribution >= 0.6 is 11.3 Å². The summed E-state index contributed by atoms with van der Waals surface area (Å²) in [4.78, 5) is 28.9. The Labute approximate surface area is 180 Å². The molecule has 8 nitrogen and oxygen atoms in total. The molecule has 10 heteroatoms. The first kappa shape index (κ1) is 22.4. The van der Waals surface area contributed by atoms with E-state index >= 15 is 0 Å². The largest absolute Gasteiger partial charge is 0.461 e. The van der Waals surface area contributed by atoms with Gasteiger partial charge in [-0.15, -0.1) is 11.3 Å². The van der Waals surface area contributed by atoms with Gasteiger partial charge in [0.25, 0.3) is 0 Å². The third kappa shape index (κ3) is 4.40. The van der Waals surface area contributed by atoms with Crippen molar-refractivity contribution in [1.82, 2.24) is 9.29 Å². The molecule has 1 atom stereocenters. The van der Waals surface area contributed by atoms with Gasteiger partial charge in [-0.3, -0.25) is 4.79 Å². The fourth-order valence-electron chi connectivity index (χ4n) is 3.80. The number of carbonyl (C=O) groups excluding carboxylic acids is 2. The van der Waals surface area contributed by atoms with Gasteiger partial charge in [-0.25, -0.2) is 18.2 Å². The summed E-state index contributed by atoms with van der Waals surface area (Å²) in [6, 6.07) is 2.83. The Morgan fingerprint density at radius 3 is 2.57 bits per heavy atom. The van der Waals surface area contributed by atoms with Gasteiger partial charge in [0.05, 0.1) is 11.5 Å². The SMILES string of the molecule is CCOC(=O)c1csc(NC(=O)C2CCCN2S(=O)(=O)c2c(C)cc(C)cc2C)n1. The third-order valence-electron chi connectivity index (χ3n) is 4.90. The molecular weight excluding hydrogens is 426 g/mol. The van der Waals surface area contributed by atoms with E-state index in [4.69, 9.17) is 4.74 Å². The molecular formula is C20H25N3O5S2. The third-order valence-corrected chi connectivity index (χ3v) is 7.87. The molecule has 1 N–H and O–H groups in total. The van der Waals surface area contributed by atoms with E-state index in [0.717, 1.165) is 16.9 Å². The van der Waals surface area contributed by atoms with Gasteiger partial charge in [0.1, 0.15) is 6.04 Å². The summed E-state index contributed by atoms with van der Waals surface area (Å²) in [5.41, 5.74) is 2.43. The minimum absolute atomic E-state index is 0.110. The van der Waals surface area contributed by atoms with Crippen LogP contribution in [0, 0.1) is 20.8 Å². The lowest BCUT2D eigenvalue weighted by Crippen LogP contribution is -2.43. The molecule has 1 aliphatic rings. The van der Waals surface area contributed by atoms with E-state index in [1.165, 1.54) is 9.69 Å². The van der Waals surface area contributed by atoms with Crippen molar-refractivity contribution in [2.75, 3.05) is 18.5 Å². The van der Waals surface area contributed by atoms with Crippen LogP contribution in [0.5, 0.6) is 0 Å². The summed E-state index contributed by atoms with van der Waals surface area (Å²) in [6.45, 7) is 7.65. The predicted molar refractivity (Wildman–Crippen MR) is 114 cm³/mol. The number of nitrogens with zero attached hydrogens (tertiary/aromatic N) is 2. The van der Waals surface area contributed by atoms with Crippen LogP contribution in [0.15, 0.2) is 22.4 Å². The molecule has 1 aromatic carbocycles.